The summed E-state index contributed by atoms with van der Waals surface area (Å²) in [5, 5.41) is 3.11. The van der Waals surface area contributed by atoms with Crippen LogP contribution in [0.15, 0.2) is 40.9 Å². The van der Waals surface area contributed by atoms with E-state index in [0.29, 0.717) is 6.07 Å². The molecule has 0 aliphatic rings. The predicted molar refractivity (Wildman–Crippen MR) is 80.9 cm³/mol. The number of carbonyl (C=O) groups is 1. The smallest absolute Gasteiger partial charge is 0.471 e. The Balaban J connectivity index is 1.74. The second-order valence-electron chi connectivity index (χ2n) is 5.40. The van der Waals surface area contributed by atoms with Crippen molar-refractivity contribution >= 4 is 5.78 Å². The third kappa shape index (κ3) is 4.13. The van der Waals surface area contributed by atoms with Gasteiger partial charge in [-0.1, -0.05) is 11.2 Å². The van der Waals surface area contributed by atoms with Gasteiger partial charge in [-0.3, -0.25) is 4.79 Å². The van der Waals surface area contributed by atoms with Gasteiger partial charge in [-0.2, -0.15) is 18.2 Å². The molecule has 28 heavy (non-hydrogen) atoms. The molecular weight excluding hydrogens is 394 g/mol. The molecule has 0 saturated carbocycles. The van der Waals surface area contributed by atoms with Gasteiger partial charge in [0.05, 0.1) is 5.56 Å². The van der Waals surface area contributed by atoms with Crippen LogP contribution in [-0.4, -0.2) is 22.5 Å². The summed E-state index contributed by atoms with van der Waals surface area (Å²) in [6.07, 6.45) is -4.85. The van der Waals surface area contributed by atoms with Gasteiger partial charge in [0.25, 0.3) is 0 Å². The van der Waals surface area contributed by atoms with Gasteiger partial charge < -0.3 is 9.26 Å². The second kappa shape index (κ2) is 7.33. The van der Waals surface area contributed by atoms with Crippen molar-refractivity contribution in [2.45, 2.75) is 6.18 Å². The molecule has 0 spiro atoms. The highest BCUT2D eigenvalue weighted by Gasteiger charge is 2.38. The number of hydrogen-bond donors (Lipinski definition) is 0. The summed E-state index contributed by atoms with van der Waals surface area (Å²) in [4.78, 5) is 15.1. The van der Waals surface area contributed by atoms with Crippen LogP contribution in [0.3, 0.4) is 0 Å². The normalized spacial score (nSPS) is 11.5. The number of alkyl halides is 3. The molecule has 0 unspecified atom stereocenters. The first-order valence-corrected chi connectivity index (χ1v) is 7.47. The first kappa shape index (κ1) is 19.4. The van der Waals surface area contributed by atoms with Crippen LogP contribution >= 0.6 is 0 Å². The number of aromatic nitrogens is 2. The molecule has 3 rings (SSSR count). The molecule has 3 aromatic rings. The van der Waals surface area contributed by atoms with E-state index in [2.05, 4.69) is 14.7 Å². The Bertz CT molecular complexity index is 1030. The van der Waals surface area contributed by atoms with Crippen molar-refractivity contribution in [1.29, 1.82) is 0 Å². The fourth-order valence-electron chi connectivity index (χ4n) is 2.15. The third-order valence-electron chi connectivity index (χ3n) is 3.45. The summed E-state index contributed by atoms with van der Waals surface area (Å²) >= 11 is 0. The summed E-state index contributed by atoms with van der Waals surface area (Å²) in [6, 6.07) is 5.27. The largest absolute Gasteiger partial charge is 0.482 e. The lowest BCUT2D eigenvalue weighted by Gasteiger charge is -2.07. The number of carbonyl (C=O) groups excluding carboxylic acids is 1. The zero-order chi connectivity index (χ0) is 20.5. The first-order valence-electron chi connectivity index (χ1n) is 7.47. The molecule has 2 aromatic carbocycles. The third-order valence-corrected chi connectivity index (χ3v) is 3.45. The number of ether oxygens (including phenoxy) is 1. The Kier molecular flexibility index (Phi) is 5.08. The minimum atomic E-state index is -4.85. The van der Waals surface area contributed by atoms with Crippen molar-refractivity contribution in [3.05, 3.63) is 65.3 Å². The maximum absolute atomic E-state index is 14.2. The first-order chi connectivity index (χ1) is 13.1. The van der Waals surface area contributed by atoms with Crippen molar-refractivity contribution in [1.82, 2.24) is 10.1 Å². The van der Waals surface area contributed by atoms with E-state index < -0.39 is 59.0 Å². The van der Waals surface area contributed by atoms with Gasteiger partial charge >= 0.3 is 12.1 Å². The number of ketones is 1. The number of halogens is 6. The lowest BCUT2D eigenvalue weighted by Crippen LogP contribution is -2.14. The molecule has 0 atom stereocenters. The van der Waals surface area contributed by atoms with Crippen molar-refractivity contribution in [2.75, 3.05) is 6.61 Å². The zero-order valence-electron chi connectivity index (χ0n) is 13.6. The molecule has 0 N–H and O–H groups in total. The molecule has 1 aromatic heterocycles. The van der Waals surface area contributed by atoms with E-state index >= 15 is 0 Å². The van der Waals surface area contributed by atoms with Gasteiger partial charge in [0, 0.05) is 11.6 Å². The Morgan fingerprint density at radius 2 is 1.79 bits per heavy atom. The van der Waals surface area contributed by atoms with Crippen molar-refractivity contribution in [3.8, 4) is 17.1 Å². The van der Waals surface area contributed by atoms with Crippen molar-refractivity contribution < 1.29 is 40.4 Å². The highest BCUT2D eigenvalue weighted by molar-refractivity contribution is 5.97. The topological polar surface area (TPSA) is 65.2 Å². The van der Waals surface area contributed by atoms with Gasteiger partial charge in [-0.05, 0) is 24.3 Å². The van der Waals surface area contributed by atoms with Crippen molar-refractivity contribution in [2.24, 2.45) is 0 Å². The quantitative estimate of drug-likeness (QED) is 0.467. The SMILES string of the molecule is O=C(COc1ccc(F)cc1F)c1ccc(-c2noc(C(F)(F)F)n2)cc1F. The van der Waals surface area contributed by atoms with E-state index in [1.54, 1.807) is 0 Å². The molecule has 0 aliphatic carbocycles. The lowest BCUT2D eigenvalue weighted by molar-refractivity contribution is -0.159. The highest BCUT2D eigenvalue weighted by atomic mass is 19.4. The van der Waals surface area contributed by atoms with E-state index in [9.17, 15) is 31.1 Å². The van der Waals surface area contributed by atoms with Crippen LogP contribution in [0.1, 0.15) is 16.2 Å². The summed E-state index contributed by atoms with van der Waals surface area (Å²) in [5.41, 5.74) is -0.607. The number of hydrogen-bond acceptors (Lipinski definition) is 5. The molecule has 1 heterocycles. The molecule has 0 saturated heterocycles. The van der Waals surface area contributed by atoms with Crippen LogP contribution in [0.2, 0.25) is 0 Å². The summed E-state index contributed by atoms with van der Waals surface area (Å²) in [7, 11) is 0. The lowest BCUT2D eigenvalue weighted by atomic mass is 10.1. The van der Waals surface area contributed by atoms with E-state index in [-0.39, 0.29) is 5.56 Å². The van der Waals surface area contributed by atoms with Gasteiger partial charge in [-0.15, -0.1) is 0 Å². The minimum Gasteiger partial charge on any atom is -0.482 e. The molecule has 146 valence electrons. The molecular formula is C17H8F6N2O3. The molecule has 0 bridgehead atoms. The van der Waals surface area contributed by atoms with Gasteiger partial charge in [0.2, 0.25) is 11.6 Å². The maximum atomic E-state index is 14.2. The average Bonchev–Trinajstić information content (AvgIpc) is 3.11. The van der Waals surface area contributed by atoms with E-state index in [4.69, 9.17) is 4.74 Å². The van der Waals surface area contributed by atoms with E-state index in [1.807, 2.05) is 0 Å². The summed E-state index contributed by atoms with van der Waals surface area (Å²) < 4.78 is 86.8. The molecule has 0 radical (unpaired) electrons. The minimum absolute atomic E-state index is 0.154. The van der Waals surface area contributed by atoms with Crippen LogP contribution in [0.5, 0.6) is 5.75 Å². The molecule has 0 fully saturated rings. The number of rotatable bonds is 5. The second-order valence-corrected chi connectivity index (χ2v) is 5.40. The summed E-state index contributed by atoms with van der Waals surface area (Å²) in [5.74, 6) is -6.36. The Morgan fingerprint density at radius 3 is 2.39 bits per heavy atom. The number of benzene rings is 2. The monoisotopic (exact) mass is 402 g/mol. The van der Waals surface area contributed by atoms with E-state index in [1.165, 1.54) is 0 Å². The van der Waals surface area contributed by atoms with Gasteiger partial charge in [-0.25, -0.2) is 13.2 Å². The van der Waals surface area contributed by atoms with Crippen LogP contribution < -0.4 is 4.74 Å². The fourth-order valence-corrected chi connectivity index (χ4v) is 2.15. The fraction of sp³-hybridized carbons (Fsp3) is 0.118. The molecule has 5 nitrogen and oxygen atoms in total. The van der Waals surface area contributed by atoms with Crippen molar-refractivity contribution in [3.63, 3.8) is 0 Å². The Morgan fingerprint density at radius 1 is 1.04 bits per heavy atom. The van der Waals surface area contributed by atoms with Crippen LogP contribution in [0.4, 0.5) is 26.3 Å². The predicted octanol–water partition coefficient (Wildman–Crippen LogP) is 4.43. The summed E-state index contributed by atoms with van der Waals surface area (Å²) in [6.45, 7) is -0.751. The van der Waals surface area contributed by atoms with E-state index in [0.717, 1.165) is 30.3 Å². The van der Waals surface area contributed by atoms with Crippen LogP contribution in [0, 0.1) is 17.5 Å². The molecule has 11 heteroatoms. The zero-order valence-corrected chi connectivity index (χ0v) is 13.6. The van der Waals surface area contributed by atoms with Gasteiger partial charge in [0.1, 0.15) is 11.6 Å². The highest BCUT2D eigenvalue weighted by Crippen LogP contribution is 2.29. The Labute approximate surface area is 152 Å². The maximum Gasteiger partial charge on any atom is 0.471 e. The molecule has 0 amide bonds. The number of nitrogens with zero attached hydrogens (tertiary/aromatic N) is 2. The van der Waals surface area contributed by atoms with Crippen LogP contribution in [0.25, 0.3) is 11.4 Å². The van der Waals surface area contributed by atoms with Crippen LogP contribution in [-0.2, 0) is 6.18 Å². The standard InChI is InChI=1S/C17H8F6N2O3/c18-9-2-4-14(12(20)6-9)27-7-13(26)10-3-1-8(5-11(10)19)15-24-16(28-25-15)17(21,22)23/h1-6H,7H2. The average molecular weight is 402 g/mol. The Hall–Kier alpha value is -3.37. The number of Topliss-reactive ketones (excluding diaryl/α,β-unsaturated/α-hetero) is 1. The molecule has 0 aliphatic heterocycles. The van der Waals surface area contributed by atoms with Gasteiger partial charge in [0.15, 0.2) is 18.2 Å².